The molecular weight excluding hydrogens is 380 g/mol. The number of amides is 1. The summed E-state index contributed by atoms with van der Waals surface area (Å²) in [5.41, 5.74) is 1.72. The van der Waals surface area contributed by atoms with Gasteiger partial charge in [0, 0.05) is 29.8 Å². The minimum Gasteiger partial charge on any atom is -0.322 e. The number of carbonyl (C=O) groups is 1. The first-order valence-corrected chi connectivity index (χ1v) is 9.26. The molecule has 9 nitrogen and oxygen atoms in total. The van der Waals surface area contributed by atoms with Gasteiger partial charge in [0.15, 0.2) is 0 Å². The van der Waals surface area contributed by atoms with E-state index in [0.717, 1.165) is 17.3 Å². The average molecular weight is 398 g/mol. The smallest absolute Gasteiger partial charge is 0.270 e. The van der Waals surface area contributed by atoms with Gasteiger partial charge in [-0.1, -0.05) is 26.0 Å². The van der Waals surface area contributed by atoms with Crippen molar-refractivity contribution in [3.05, 3.63) is 63.7 Å². The summed E-state index contributed by atoms with van der Waals surface area (Å²) in [5, 5.41) is 25.7. The van der Waals surface area contributed by atoms with Crippen molar-refractivity contribution in [1.82, 2.24) is 20.2 Å². The number of nitrogens with one attached hydrogen (secondary N) is 1. The maximum Gasteiger partial charge on any atom is 0.270 e. The number of nitro groups is 1. The molecule has 0 bridgehead atoms. The summed E-state index contributed by atoms with van der Waals surface area (Å²) >= 11 is 1.16. The van der Waals surface area contributed by atoms with Gasteiger partial charge in [0.05, 0.1) is 10.5 Å². The van der Waals surface area contributed by atoms with Crippen LogP contribution in [0.5, 0.6) is 0 Å². The van der Waals surface area contributed by atoms with Crippen LogP contribution in [0.3, 0.4) is 0 Å². The minimum absolute atomic E-state index is 0.165. The van der Waals surface area contributed by atoms with Gasteiger partial charge in [-0.3, -0.25) is 14.9 Å². The molecule has 2 aromatic carbocycles. The molecule has 0 saturated heterocycles. The van der Waals surface area contributed by atoms with Gasteiger partial charge in [-0.15, -0.1) is 5.10 Å². The fraction of sp³-hybridized carbons (Fsp3) is 0.222. The number of hydrogen-bond acceptors (Lipinski definition) is 7. The second-order valence-corrected chi connectivity index (χ2v) is 7.37. The zero-order chi connectivity index (χ0) is 20.3. The van der Waals surface area contributed by atoms with Gasteiger partial charge in [-0.2, -0.15) is 0 Å². The summed E-state index contributed by atoms with van der Waals surface area (Å²) in [6.07, 6.45) is 0. The van der Waals surface area contributed by atoms with Crippen LogP contribution in [0.25, 0.3) is 0 Å². The molecule has 0 radical (unpaired) electrons. The van der Waals surface area contributed by atoms with E-state index in [1.807, 2.05) is 18.2 Å². The molecule has 144 valence electrons. The van der Waals surface area contributed by atoms with Crippen LogP contribution in [0.2, 0.25) is 0 Å². The van der Waals surface area contributed by atoms with Crippen LogP contribution in [0.1, 0.15) is 35.7 Å². The third-order valence-electron chi connectivity index (χ3n) is 4.01. The highest BCUT2D eigenvalue weighted by molar-refractivity contribution is 7.99. The number of nitro benzene ring substituents is 1. The number of carbonyl (C=O) groups excluding carboxylic acids is 1. The van der Waals surface area contributed by atoms with Crippen LogP contribution >= 0.6 is 11.8 Å². The van der Waals surface area contributed by atoms with Crippen molar-refractivity contribution in [3.8, 4) is 0 Å². The van der Waals surface area contributed by atoms with Gasteiger partial charge < -0.3 is 5.32 Å². The Hall–Kier alpha value is -3.27. The Kier molecular flexibility index (Phi) is 5.69. The maximum atomic E-state index is 12.9. The third kappa shape index (κ3) is 4.34. The molecule has 0 saturated carbocycles. The molecule has 1 heterocycles. The van der Waals surface area contributed by atoms with Crippen molar-refractivity contribution in [3.63, 3.8) is 0 Å². The highest BCUT2D eigenvalue weighted by Gasteiger charge is 2.19. The molecule has 0 unspecified atom stereocenters. The molecular formula is C18H18N6O3S. The molecule has 1 amide bonds. The molecule has 3 rings (SSSR count). The van der Waals surface area contributed by atoms with Crippen LogP contribution in [0.15, 0.2) is 52.5 Å². The summed E-state index contributed by atoms with van der Waals surface area (Å²) in [6.45, 7) is 4.12. The van der Waals surface area contributed by atoms with Crippen LogP contribution < -0.4 is 5.32 Å². The lowest BCUT2D eigenvalue weighted by Gasteiger charge is -2.11. The lowest BCUT2D eigenvalue weighted by Crippen LogP contribution is -2.14. The first kappa shape index (κ1) is 19.5. The lowest BCUT2D eigenvalue weighted by molar-refractivity contribution is -0.384. The van der Waals surface area contributed by atoms with Crippen molar-refractivity contribution in [2.45, 2.75) is 29.8 Å². The molecule has 0 aliphatic rings. The first-order valence-electron chi connectivity index (χ1n) is 8.45. The predicted octanol–water partition coefficient (Wildman–Crippen LogP) is 3.65. The van der Waals surface area contributed by atoms with Gasteiger partial charge in [-0.25, -0.2) is 4.68 Å². The molecule has 10 heteroatoms. The quantitative estimate of drug-likeness (QED) is 0.498. The molecule has 0 fully saturated rings. The number of non-ortho nitro benzene ring substituents is 1. The molecule has 0 spiro atoms. The number of aryl methyl sites for hydroxylation is 1. The number of aromatic nitrogens is 4. The highest BCUT2D eigenvalue weighted by Crippen LogP contribution is 2.31. The van der Waals surface area contributed by atoms with E-state index in [2.05, 4.69) is 34.7 Å². The number of tetrazole rings is 1. The van der Waals surface area contributed by atoms with E-state index in [0.29, 0.717) is 21.7 Å². The third-order valence-corrected chi connectivity index (χ3v) is 5.12. The number of anilines is 1. The molecule has 1 N–H and O–H groups in total. The Morgan fingerprint density at radius 3 is 2.68 bits per heavy atom. The zero-order valence-electron chi connectivity index (χ0n) is 15.5. The van der Waals surface area contributed by atoms with Gasteiger partial charge >= 0.3 is 0 Å². The fourth-order valence-electron chi connectivity index (χ4n) is 2.48. The Bertz CT molecular complexity index is 1030. The van der Waals surface area contributed by atoms with Gasteiger partial charge in [0.2, 0.25) is 5.16 Å². The number of rotatable bonds is 6. The summed E-state index contributed by atoms with van der Waals surface area (Å²) in [5.74, 6) is -0.133. The van der Waals surface area contributed by atoms with Crippen molar-refractivity contribution < 1.29 is 9.72 Å². The standard InChI is InChI=1S/C18H18N6O3S/c1-11(2)12-5-4-6-13(9-12)19-17(25)15-10-14(24(26)27)7-8-16(15)28-18-20-21-22-23(18)3/h4-11H,1-3H3,(H,19,25). The van der Waals surface area contributed by atoms with Crippen LogP contribution in [-0.2, 0) is 7.05 Å². The first-order chi connectivity index (χ1) is 13.3. The second-order valence-electron chi connectivity index (χ2n) is 6.36. The zero-order valence-corrected chi connectivity index (χ0v) is 16.3. The maximum absolute atomic E-state index is 12.9. The summed E-state index contributed by atoms with van der Waals surface area (Å²) in [6, 6.07) is 11.6. The van der Waals surface area contributed by atoms with Crippen molar-refractivity contribution in [1.29, 1.82) is 0 Å². The largest absolute Gasteiger partial charge is 0.322 e. The number of hydrogen-bond donors (Lipinski definition) is 1. The number of nitrogens with zero attached hydrogens (tertiary/aromatic N) is 5. The van der Waals surface area contributed by atoms with Crippen molar-refractivity contribution >= 4 is 29.0 Å². The summed E-state index contributed by atoms with van der Waals surface area (Å²) in [4.78, 5) is 24.0. The van der Waals surface area contributed by atoms with Crippen LogP contribution in [0, 0.1) is 10.1 Å². The number of benzene rings is 2. The SMILES string of the molecule is CC(C)c1cccc(NC(=O)c2cc([N+](=O)[O-])ccc2Sc2nnnn2C)c1. The van der Waals surface area contributed by atoms with E-state index in [4.69, 9.17) is 0 Å². The monoisotopic (exact) mass is 398 g/mol. The minimum atomic E-state index is -0.533. The molecule has 28 heavy (non-hydrogen) atoms. The normalized spacial score (nSPS) is 10.9. The second kappa shape index (κ2) is 8.17. The van der Waals surface area contributed by atoms with E-state index < -0.39 is 10.8 Å². The Morgan fingerprint density at radius 2 is 2.04 bits per heavy atom. The average Bonchev–Trinajstić information content (AvgIpc) is 3.06. The van der Waals surface area contributed by atoms with E-state index in [1.54, 1.807) is 13.1 Å². The van der Waals surface area contributed by atoms with E-state index in [9.17, 15) is 14.9 Å². The fourth-order valence-corrected chi connectivity index (χ4v) is 3.32. The van der Waals surface area contributed by atoms with Gasteiger partial charge in [-0.05, 0) is 51.9 Å². The highest BCUT2D eigenvalue weighted by atomic mass is 32.2. The molecule has 0 atom stereocenters. The van der Waals surface area contributed by atoms with E-state index >= 15 is 0 Å². The molecule has 0 aliphatic heterocycles. The molecule has 1 aromatic heterocycles. The Balaban J connectivity index is 1.94. The van der Waals surface area contributed by atoms with Crippen molar-refractivity contribution in [2.75, 3.05) is 5.32 Å². The van der Waals surface area contributed by atoms with E-state index in [-0.39, 0.29) is 11.3 Å². The van der Waals surface area contributed by atoms with E-state index in [1.165, 1.54) is 22.9 Å². The molecule has 0 aliphatic carbocycles. The van der Waals surface area contributed by atoms with Gasteiger partial charge in [0.25, 0.3) is 11.6 Å². The Morgan fingerprint density at radius 1 is 1.25 bits per heavy atom. The van der Waals surface area contributed by atoms with Gasteiger partial charge in [0.1, 0.15) is 0 Å². The Labute approximate surface area is 165 Å². The lowest BCUT2D eigenvalue weighted by atomic mass is 10.0. The van der Waals surface area contributed by atoms with Crippen LogP contribution in [0.4, 0.5) is 11.4 Å². The van der Waals surface area contributed by atoms with Crippen molar-refractivity contribution in [2.24, 2.45) is 7.05 Å². The predicted molar refractivity (Wildman–Crippen MR) is 105 cm³/mol. The molecule has 3 aromatic rings. The van der Waals surface area contributed by atoms with Crippen LogP contribution in [-0.4, -0.2) is 31.0 Å². The topological polar surface area (TPSA) is 116 Å². The summed E-state index contributed by atoms with van der Waals surface area (Å²) < 4.78 is 1.46. The summed E-state index contributed by atoms with van der Waals surface area (Å²) in [7, 11) is 1.67.